The van der Waals surface area contributed by atoms with Gasteiger partial charge in [0.2, 0.25) is 5.91 Å². The number of carboxylic acid groups (broad SMARTS) is 1. The quantitative estimate of drug-likeness (QED) is 0.665. The summed E-state index contributed by atoms with van der Waals surface area (Å²) in [6.07, 6.45) is 0.868. The summed E-state index contributed by atoms with van der Waals surface area (Å²) >= 11 is 1.46. The molecule has 0 saturated heterocycles. The lowest BCUT2D eigenvalue weighted by Crippen LogP contribution is -2.37. The maximum atomic E-state index is 12.7. The largest absolute Gasteiger partial charge is 0.481 e. The van der Waals surface area contributed by atoms with E-state index in [1.807, 2.05) is 43.3 Å². The molecular formula is C21H22N2O4S. The fourth-order valence-corrected chi connectivity index (χ4v) is 3.97. The van der Waals surface area contributed by atoms with Gasteiger partial charge in [-0.3, -0.25) is 14.4 Å². The number of anilines is 1. The molecule has 6 nitrogen and oxygen atoms in total. The van der Waals surface area contributed by atoms with Gasteiger partial charge in [-0.2, -0.15) is 0 Å². The summed E-state index contributed by atoms with van der Waals surface area (Å²) in [6.45, 7) is 1.83. The van der Waals surface area contributed by atoms with E-state index < -0.39 is 5.97 Å². The van der Waals surface area contributed by atoms with Crippen LogP contribution in [0.3, 0.4) is 0 Å². The minimum atomic E-state index is -0.894. The maximum Gasteiger partial charge on any atom is 0.303 e. The first kappa shape index (κ1) is 19.9. The Labute approximate surface area is 167 Å². The minimum Gasteiger partial charge on any atom is -0.481 e. The van der Waals surface area contributed by atoms with Crippen LogP contribution >= 0.6 is 11.8 Å². The van der Waals surface area contributed by atoms with Crippen molar-refractivity contribution < 1.29 is 19.5 Å². The predicted octanol–water partition coefficient (Wildman–Crippen LogP) is 3.33. The summed E-state index contributed by atoms with van der Waals surface area (Å²) in [6, 6.07) is 14.6. The minimum absolute atomic E-state index is 0.0213. The number of thioether (sulfide) groups is 1. The molecule has 2 aromatic rings. The van der Waals surface area contributed by atoms with Crippen LogP contribution in [0.5, 0.6) is 0 Å². The van der Waals surface area contributed by atoms with Crippen LogP contribution < -0.4 is 10.6 Å². The first-order valence-electron chi connectivity index (χ1n) is 9.10. The van der Waals surface area contributed by atoms with E-state index in [0.29, 0.717) is 24.1 Å². The van der Waals surface area contributed by atoms with Crippen LogP contribution in [0.25, 0.3) is 0 Å². The lowest BCUT2D eigenvalue weighted by atomic mass is 10.0. The molecule has 1 heterocycles. The monoisotopic (exact) mass is 398 g/mol. The Balaban J connectivity index is 1.73. The van der Waals surface area contributed by atoms with E-state index in [-0.39, 0.29) is 29.5 Å². The van der Waals surface area contributed by atoms with Gasteiger partial charge in [-0.05, 0) is 43.5 Å². The second kappa shape index (κ2) is 8.93. The van der Waals surface area contributed by atoms with Crippen molar-refractivity contribution in [2.24, 2.45) is 0 Å². The first-order valence-corrected chi connectivity index (χ1v) is 9.98. The molecule has 2 amide bonds. The highest BCUT2D eigenvalue weighted by atomic mass is 32.2. The number of rotatable bonds is 7. The zero-order valence-electron chi connectivity index (χ0n) is 15.5. The second-order valence-electron chi connectivity index (χ2n) is 6.75. The molecule has 0 saturated carbocycles. The third kappa shape index (κ3) is 5.13. The van der Waals surface area contributed by atoms with E-state index in [1.54, 1.807) is 12.1 Å². The second-order valence-corrected chi connectivity index (χ2v) is 8.14. The molecule has 0 fully saturated rings. The molecule has 2 unspecified atom stereocenters. The Hall–Kier alpha value is -2.80. The molecule has 1 aliphatic heterocycles. The van der Waals surface area contributed by atoms with Gasteiger partial charge in [0.1, 0.15) is 0 Å². The van der Waals surface area contributed by atoms with Crippen molar-refractivity contribution in [2.45, 2.75) is 42.4 Å². The highest BCUT2D eigenvalue weighted by Crippen LogP contribution is 2.35. The topological polar surface area (TPSA) is 95.5 Å². The number of hydrogen-bond acceptors (Lipinski definition) is 4. The van der Waals surface area contributed by atoms with E-state index >= 15 is 0 Å². The van der Waals surface area contributed by atoms with Crippen LogP contribution in [0.4, 0.5) is 5.69 Å². The number of hydrogen-bond donors (Lipinski definition) is 3. The van der Waals surface area contributed by atoms with E-state index in [4.69, 9.17) is 5.11 Å². The summed E-state index contributed by atoms with van der Waals surface area (Å²) in [5.74, 6) is -1.26. The van der Waals surface area contributed by atoms with Gasteiger partial charge >= 0.3 is 5.97 Å². The van der Waals surface area contributed by atoms with Crippen LogP contribution in [0, 0.1) is 0 Å². The van der Waals surface area contributed by atoms with Crippen molar-refractivity contribution in [3.8, 4) is 0 Å². The maximum absolute atomic E-state index is 12.7. The van der Waals surface area contributed by atoms with E-state index in [2.05, 4.69) is 10.6 Å². The standard InChI is InChI=1S/C21H22N2O4S/c1-13-20(26)23-17-12-15(7-9-18(17)28-13)21(27)22-16(8-10-19(24)25)11-14-5-3-2-4-6-14/h2-7,9,12-13,16H,8,10-11H2,1H3,(H,22,27)(H,23,26)(H,24,25). The SMILES string of the molecule is CC1Sc2ccc(C(=O)NC(CCC(=O)O)Cc3ccccc3)cc2NC1=O. The molecular weight excluding hydrogens is 376 g/mol. The molecule has 3 N–H and O–H groups in total. The number of carboxylic acids is 1. The molecule has 0 bridgehead atoms. The molecule has 28 heavy (non-hydrogen) atoms. The zero-order chi connectivity index (χ0) is 20.1. The summed E-state index contributed by atoms with van der Waals surface area (Å²) in [5, 5.41) is 14.6. The molecule has 0 spiro atoms. The number of amides is 2. The van der Waals surface area contributed by atoms with Crippen LogP contribution in [0.2, 0.25) is 0 Å². The Morgan fingerprint density at radius 2 is 1.96 bits per heavy atom. The lowest BCUT2D eigenvalue weighted by Gasteiger charge is -2.22. The van der Waals surface area contributed by atoms with Crippen LogP contribution in [-0.4, -0.2) is 34.2 Å². The number of carbonyl (C=O) groups excluding carboxylic acids is 2. The normalized spacial score (nSPS) is 16.6. The van der Waals surface area contributed by atoms with Gasteiger partial charge in [-0.1, -0.05) is 30.3 Å². The molecule has 2 aromatic carbocycles. The third-order valence-corrected chi connectivity index (χ3v) is 5.72. The fraction of sp³-hybridized carbons (Fsp3) is 0.286. The van der Waals surface area contributed by atoms with Gasteiger partial charge in [0.15, 0.2) is 0 Å². The smallest absolute Gasteiger partial charge is 0.303 e. The van der Waals surface area contributed by atoms with Gasteiger partial charge in [0.25, 0.3) is 5.91 Å². The lowest BCUT2D eigenvalue weighted by molar-refractivity contribution is -0.137. The number of aliphatic carboxylic acids is 1. The molecule has 0 radical (unpaired) electrons. The molecule has 2 atom stereocenters. The van der Waals surface area contributed by atoms with E-state index in [9.17, 15) is 14.4 Å². The average Bonchev–Trinajstić information content (AvgIpc) is 2.67. The highest BCUT2D eigenvalue weighted by Gasteiger charge is 2.24. The van der Waals surface area contributed by atoms with Crippen LogP contribution in [-0.2, 0) is 16.0 Å². The average molecular weight is 398 g/mol. The molecule has 3 rings (SSSR count). The zero-order valence-corrected chi connectivity index (χ0v) is 16.3. The van der Waals surface area contributed by atoms with Gasteiger partial charge in [0.05, 0.1) is 10.9 Å². The molecule has 0 aromatic heterocycles. The molecule has 0 aliphatic carbocycles. The Kier molecular flexibility index (Phi) is 6.36. The number of fused-ring (bicyclic) bond motifs is 1. The van der Waals surface area contributed by atoms with E-state index in [1.165, 1.54) is 11.8 Å². The van der Waals surface area contributed by atoms with Crippen LogP contribution in [0.1, 0.15) is 35.7 Å². The summed E-state index contributed by atoms with van der Waals surface area (Å²) in [4.78, 5) is 36.5. The van der Waals surface area contributed by atoms with Gasteiger partial charge < -0.3 is 15.7 Å². The van der Waals surface area contributed by atoms with Crippen LogP contribution in [0.15, 0.2) is 53.4 Å². The molecule has 1 aliphatic rings. The summed E-state index contributed by atoms with van der Waals surface area (Å²) in [7, 11) is 0. The van der Waals surface area contributed by atoms with Gasteiger partial charge in [-0.15, -0.1) is 11.8 Å². The molecule has 7 heteroatoms. The first-order chi connectivity index (χ1) is 13.4. The predicted molar refractivity (Wildman–Crippen MR) is 109 cm³/mol. The van der Waals surface area contributed by atoms with Gasteiger partial charge in [-0.25, -0.2) is 0 Å². The number of nitrogens with one attached hydrogen (secondary N) is 2. The van der Waals surface area contributed by atoms with Crippen molar-refractivity contribution >= 4 is 35.2 Å². The summed E-state index contributed by atoms with van der Waals surface area (Å²) < 4.78 is 0. The fourth-order valence-electron chi connectivity index (χ4n) is 3.04. The number of benzene rings is 2. The molecule has 146 valence electrons. The highest BCUT2D eigenvalue weighted by molar-refractivity contribution is 8.00. The summed E-state index contributed by atoms with van der Waals surface area (Å²) in [5.41, 5.74) is 2.09. The van der Waals surface area contributed by atoms with Crippen molar-refractivity contribution in [1.29, 1.82) is 0 Å². The van der Waals surface area contributed by atoms with Crippen molar-refractivity contribution in [3.05, 3.63) is 59.7 Å². The number of carbonyl (C=O) groups is 3. The van der Waals surface area contributed by atoms with Crippen molar-refractivity contribution in [2.75, 3.05) is 5.32 Å². The Morgan fingerprint density at radius 1 is 1.21 bits per heavy atom. The van der Waals surface area contributed by atoms with E-state index in [0.717, 1.165) is 10.5 Å². The Bertz CT molecular complexity index is 885. The third-order valence-electron chi connectivity index (χ3n) is 4.54. The van der Waals surface area contributed by atoms with Gasteiger partial charge in [0, 0.05) is 22.9 Å². The van der Waals surface area contributed by atoms with Crippen molar-refractivity contribution in [3.63, 3.8) is 0 Å². The Morgan fingerprint density at radius 3 is 2.68 bits per heavy atom. The van der Waals surface area contributed by atoms with Crippen molar-refractivity contribution in [1.82, 2.24) is 5.32 Å².